The minimum Gasteiger partial charge on any atom is -0.413 e. The Morgan fingerprint density at radius 1 is 1.14 bits per heavy atom. The summed E-state index contributed by atoms with van der Waals surface area (Å²) in [4.78, 5) is 0. The molecule has 0 amide bonds. The van der Waals surface area contributed by atoms with Crippen LogP contribution in [0.5, 0.6) is 0 Å². The number of halogens is 3. The van der Waals surface area contributed by atoms with Crippen molar-refractivity contribution < 1.29 is 22.7 Å². The van der Waals surface area contributed by atoms with E-state index in [9.17, 15) is 18.3 Å². The van der Waals surface area contributed by atoms with Crippen LogP contribution in [0, 0.1) is 11.8 Å². The molecule has 0 fully saturated rings. The summed E-state index contributed by atoms with van der Waals surface area (Å²) in [6.07, 6.45) is -5.15. The molecule has 1 N–H and O–H groups in total. The minimum atomic E-state index is -4.63. The van der Waals surface area contributed by atoms with Crippen molar-refractivity contribution in [1.82, 2.24) is 0 Å². The Morgan fingerprint density at radius 2 is 1.71 bits per heavy atom. The molecule has 1 unspecified atom stereocenters. The maximum atomic E-state index is 13.9. The molecule has 1 aromatic carbocycles. The van der Waals surface area contributed by atoms with E-state index in [4.69, 9.17) is 4.43 Å². The average molecular weight is 413 g/mol. The summed E-state index contributed by atoms with van der Waals surface area (Å²) in [5.74, 6) is 5.35. The number of aliphatic hydroxyl groups is 1. The van der Waals surface area contributed by atoms with Gasteiger partial charge in [0.25, 0.3) is 0 Å². The maximum absolute atomic E-state index is 13.9. The van der Waals surface area contributed by atoms with Gasteiger partial charge in [0.1, 0.15) is 0 Å². The van der Waals surface area contributed by atoms with E-state index in [0.29, 0.717) is 12.0 Å². The number of benzene rings is 1. The molecular formula is C22H31F3O2Si. The molecule has 6 heteroatoms. The predicted octanol–water partition coefficient (Wildman–Crippen LogP) is 6.08. The van der Waals surface area contributed by atoms with Crippen LogP contribution in [0.2, 0.25) is 18.1 Å². The molecule has 0 saturated carbocycles. The van der Waals surface area contributed by atoms with E-state index in [0.717, 1.165) is 0 Å². The highest BCUT2D eigenvalue weighted by molar-refractivity contribution is 6.74. The molecule has 28 heavy (non-hydrogen) atoms. The molecule has 0 aliphatic rings. The Labute approximate surface area is 167 Å². The third-order valence-electron chi connectivity index (χ3n) is 5.06. The quantitative estimate of drug-likeness (QED) is 0.453. The van der Waals surface area contributed by atoms with Crippen LogP contribution in [0.3, 0.4) is 0 Å². The second kappa shape index (κ2) is 9.77. The molecule has 1 atom stereocenters. The lowest BCUT2D eigenvalue weighted by atomic mass is 9.99. The lowest BCUT2D eigenvalue weighted by Gasteiger charge is -2.36. The number of hydrogen-bond donors (Lipinski definition) is 1. The summed E-state index contributed by atoms with van der Waals surface area (Å²) in [6, 6.07) is 8.77. The largest absolute Gasteiger partial charge is 0.415 e. The zero-order valence-corrected chi connectivity index (χ0v) is 18.6. The van der Waals surface area contributed by atoms with Gasteiger partial charge >= 0.3 is 6.18 Å². The van der Waals surface area contributed by atoms with Crippen molar-refractivity contribution in [2.24, 2.45) is 0 Å². The third kappa shape index (κ3) is 7.12. The Bertz CT molecular complexity index is 720. The lowest BCUT2D eigenvalue weighted by Crippen LogP contribution is -2.42. The lowest BCUT2D eigenvalue weighted by molar-refractivity contribution is -0.0986. The van der Waals surface area contributed by atoms with E-state index < -0.39 is 32.8 Å². The van der Waals surface area contributed by atoms with Crippen molar-refractivity contribution in [2.45, 2.75) is 70.9 Å². The summed E-state index contributed by atoms with van der Waals surface area (Å²) in [5.41, 5.74) is -0.589. The normalized spacial score (nSPS) is 14.8. The molecule has 0 aliphatic heterocycles. The molecule has 0 spiro atoms. The Kier molecular flexibility index (Phi) is 8.55. The van der Waals surface area contributed by atoms with Crippen LogP contribution in [-0.2, 0) is 4.43 Å². The first kappa shape index (κ1) is 24.5. The van der Waals surface area contributed by atoms with Crippen LogP contribution < -0.4 is 0 Å². The van der Waals surface area contributed by atoms with E-state index in [1.165, 1.54) is 0 Å². The van der Waals surface area contributed by atoms with Crippen LogP contribution in [-0.4, -0.2) is 32.3 Å². The molecule has 0 heterocycles. The molecular weight excluding hydrogens is 381 g/mol. The van der Waals surface area contributed by atoms with Gasteiger partial charge in [-0.25, -0.2) is 0 Å². The molecule has 1 aromatic rings. The zero-order valence-electron chi connectivity index (χ0n) is 17.6. The van der Waals surface area contributed by atoms with Gasteiger partial charge in [0.05, 0.1) is 18.3 Å². The van der Waals surface area contributed by atoms with Crippen LogP contribution in [0.25, 0.3) is 0 Å². The molecule has 0 aromatic heterocycles. The van der Waals surface area contributed by atoms with Crippen molar-refractivity contribution in [3.8, 4) is 11.8 Å². The van der Waals surface area contributed by atoms with Crippen LogP contribution in [0.4, 0.5) is 13.2 Å². The number of rotatable bonds is 6. The Balaban J connectivity index is 3.40. The van der Waals surface area contributed by atoms with Crippen molar-refractivity contribution in [2.75, 3.05) is 6.61 Å². The van der Waals surface area contributed by atoms with Crippen LogP contribution >= 0.6 is 0 Å². The monoisotopic (exact) mass is 412 g/mol. The fraction of sp³-hybridized carbons (Fsp3) is 0.545. The molecule has 2 nitrogen and oxygen atoms in total. The van der Waals surface area contributed by atoms with E-state index >= 15 is 0 Å². The number of aliphatic hydroxyl groups excluding tert-OH is 1. The van der Waals surface area contributed by atoms with Gasteiger partial charge < -0.3 is 9.53 Å². The van der Waals surface area contributed by atoms with Gasteiger partial charge in [-0.15, -0.1) is 0 Å². The van der Waals surface area contributed by atoms with E-state index in [2.05, 4.69) is 11.8 Å². The van der Waals surface area contributed by atoms with Crippen molar-refractivity contribution in [1.29, 1.82) is 0 Å². The van der Waals surface area contributed by atoms with Gasteiger partial charge in [-0.3, -0.25) is 0 Å². The highest BCUT2D eigenvalue weighted by atomic mass is 28.4. The van der Waals surface area contributed by atoms with Gasteiger partial charge in [-0.2, -0.15) is 13.2 Å². The molecule has 0 saturated heterocycles. The Morgan fingerprint density at radius 3 is 2.18 bits per heavy atom. The summed E-state index contributed by atoms with van der Waals surface area (Å²) < 4.78 is 47.4. The second-order valence-corrected chi connectivity index (χ2v) is 13.2. The van der Waals surface area contributed by atoms with E-state index in [-0.39, 0.29) is 17.0 Å². The predicted molar refractivity (Wildman–Crippen MR) is 110 cm³/mol. The van der Waals surface area contributed by atoms with E-state index in [1.54, 1.807) is 24.3 Å². The maximum Gasteiger partial charge on any atom is 0.415 e. The fourth-order valence-electron chi connectivity index (χ4n) is 2.22. The summed E-state index contributed by atoms with van der Waals surface area (Å²) in [5, 5.41) is 10.2. The summed E-state index contributed by atoms with van der Waals surface area (Å²) in [7, 11) is -2.40. The molecule has 0 radical (unpaired) electrons. The third-order valence-corrected chi connectivity index (χ3v) is 9.54. The first-order chi connectivity index (χ1) is 12.8. The smallest absolute Gasteiger partial charge is 0.413 e. The van der Waals surface area contributed by atoms with Crippen molar-refractivity contribution in [3.63, 3.8) is 0 Å². The van der Waals surface area contributed by atoms with Crippen LogP contribution in [0.15, 0.2) is 41.5 Å². The highest BCUT2D eigenvalue weighted by Crippen LogP contribution is 2.38. The van der Waals surface area contributed by atoms with Gasteiger partial charge in [-0.05, 0) is 36.7 Å². The molecule has 156 valence electrons. The van der Waals surface area contributed by atoms with Gasteiger partial charge in [-0.1, -0.05) is 64.2 Å². The van der Waals surface area contributed by atoms with E-state index in [1.807, 2.05) is 46.9 Å². The number of hydrogen-bond acceptors (Lipinski definition) is 2. The van der Waals surface area contributed by atoms with Crippen molar-refractivity contribution >= 4 is 8.32 Å². The number of alkyl halides is 3. The van der Waals surface area contributed by atoms with Crippen LogP contribution in [0.1, 0.15) is 46.1 Å². The zero-order chi connectivity index (χ0) is 21.6. The molecule has 1 rings (SSSR count). The highest BCUT2D eigenvalue weighted by Gasteiger charge is 2.42. The molecule has 0 aliphatic carbocycles. The summed E-state index contributed by atoms with van der Waals surface area (Å²) >= 11 is 0. The van der Waals surface area contributed by atoms with Gasteiger partial charge in [0.15, 0.2) is 8.32 Å². The standard InChI is InChI=1S/C22H31F3O2Si/c1-7-11-20(26)18(15-14-17-12-9-8-10-13-17)19(22(23,24)25)16-27-28(5,6)21(2,3)4/h8-10,12-13,20,26H,7,11,16H2,1-6H3/b19-18+. The first-order valence-electron chi connectivity index (χ1n) is 9.49. The average Bonchev–Trinajstić information content (AvgIpc) is 2.56. The fourth-order valence-corrected chi connectivity index (χ4v) is 3.16. The first-order valence-corrected chi connectivity index (χ1v) is 12.4. The van der Waals surface area contributed by atoms with Crippen molar-refractivity contribution in [3.05, 3.63) is 47.0 Å². The van der Waals surface area contributed by atoms with Gasteiger partial charge in [0, 0.05) is 11.1 Å². The topological polar surface area (TPSA) is 29.5 Å². The summed E-state index contributed by atoms with van der Waals surface area (Å²) in [6.45, 7) is 10.9. The second-order valence-electron chi connectivity index (χ2n) is 8.36. The molecule has 0 bridgehead atoms. The SMILES string of the molecule is CCCC(O)/C(C#Cc1ccccc1)=C(\CO[Si](C)(C)C(C)(C)C)C(F)(F)F. The van der Waals surface area contributed by atoms with Gasteiger partial charge in [0.2, 0.25) is 0 Å². The minimum absolute atomic E-state index is 0.207. The Hall–Kier alpha value is -1.55.